The van der Waals surface area contributed by atoms with Crippen molar-refractivity contribution in [3.05, 3.63) is 10.4 Å². The van der Waals surface area contributed by atoms with E-state index in [2.05, 4.69) is 27.7 Å². The van der Waals surface area contributed by atoms with Gasteiger partial charge in [-0.1, -0.05) is 32.5 Å². The number of aromatic nitrogens is 2. The fraction of sp³-hybridized carbons (Fsp3) is 0.647. The van der Waals surface area contributed by atoms with Crippen LogP contribution >= 0.6 is 34.9 Å². The van der Waals surface area contributed by atoms with E-state index in [9.17, 15) is 0 Å². The highest BCUT2D eigenvalue weighted by Crippen LogP contribution is 2.43. The zero-order valence-corrected chi connectivity index (χ0v) is 16.7. The molecule has 3 heterocycles. The van der Waals surface area contributed by atoms with Crippen LogP contribution < -0.4 is 0 Å². The molecule has 2 aromatic heterocycles. The SMILES string of the molecule is CCCSc1nc(SCC)c2c3c(sc2n1)COC(C)(CC)C3. The van der Waals surface area contributed by atoms with E-state index in [1.807, 2.05) is 11.8 Å². The van der Waals surface area contributed by atoms with Crippen LogP contribution in [0, 0.1) is 0 Å². The summed E-state index contributed by atoms with van der Waals surface area (Å²) in [5, 5.41) is 3.38. The lowest BCUT2D eigenvalue weighted by molar-refractivity contribution is -0.0543. The summed E-state index contributed by atoms with van der Waals surface area (Å²) >= 11 is 5.40. The lowest BCUT2D eigenvalue weighted by atomic mass is 9.90. The molecule has 0 amide bonds. The average molecular weight is 369 g/mol. The minimum Gasteiger partial charge on any atom is -0.369 e. The fourth-order valence-electron chi connectivity index (χ4n) is 2.75. The Morgan fingerprint density at radius 1 is 1.22 bits per heavy atom. The summed E-state index contributed by atoms with van der Waals surface area (Å²) in [5.74, 6) is 2.11. The summed E-state index contributed by atoms with van der Waals surface area (Å²) in [4.78, 5) is 12.2. The zero-order valence-electron chi connectivity index (χ0n) is 14.3. The Morgan fingerprint density at radius 2 is 2.04 bits per heavy atom. The van der Waals surface area contributed by atoms with Crippen molar-refractivity contribution in [2.24, 2.45) is 0 Å². The molecule has 1 aliphatic rings. The summed E-state index contributed by atoms with van der Waals surface area (Å²) in [6.45, 7) is 9.53. The van der Waals surface area contributed by atoms with Crippen LogP contribution in [0.3, 0.4) is 0 Å². The Bertz CT molecular complexity index is 701. The Kier molecular flexibility index (Phi) is 5.56. The standard InChI is InChI=1S/C17H24N2OS3/c1-5-8-22-16-18-14(21-7-3)13-11-9-17(4,6-2)20-10-12(11)23-15(13)19-16/h5-10H2,1-4H3. The van der Waals surface area contributed by atoms with Crippen LogP contribution in [0.15, 0.2) is 10.2 Å². The van der Waals surface area contributed by atoms with E-state index in [0.717, 1.165) is 45.8 Å². The highest BCUT2D eigenvalue weighted by atomic mass is 32.2. The molecule has 126 valence electrons. The first-order valence-electron chi connectivity index (χ1n) is 8.32. The first kappa shape index (κ1) is 17.5. The van der Waals surface area contributed by atoms with Crippen molar-refractivity contribution in [1.29, 1.82) is 0 Å². The van der Waals surface area contributed by atoms with Gasteiger partial charge in [-0.3, -0.25) is 0 Å². The number of ether oxygens (including phenoxy) is 1. The van der Waals surface area contributed by atoms with Crippen molar-refractivity contribution in [1.82, 2.24) is 9.97 Å². The summed E-state index contributed by atoms with van der Waals surface area (Å²) in [7, 11) is 0. The normalized spacial score (nSPS) is 20.9. The smallest absolute Gasteiger partial charge is 0.190 e. The average Bonchev–Trinajstić information content (AvgIpc) is 2.90. The van der Waals surface area contributed by atoms with Gasteiger partial charge in [0.25, 0.3) is 0 Å². The molecule has 0 aromatic carbocycles. The quantitative estimate of drug-likeness (QED) is 0.379. The first-order chi connectivity index (χ1) is 11.1. The molecule has 0 fully saturated rings. The number of hydrogen-bond acceptors (Lipinski definition) is 6. The van der Waals surface area contributed by atoms with Gasteiger partial charge in [-0.2, -0.15) is 0 Å². The highest BCUT2D eigenvalue weighted by Gasteiger charge is 2.33. The molecule has 1 atom stereocenters. The maximum atomic E-state index is 6.12. The van der Waals surface area contributed by atoms with Gasteiger partial charge in [-0.05, 0) is 31.1 Å². The van der Waals surface area contributed by atoms with Gasteiger partial charge in [0.1, 0.15) is 9.86 Å². The van der Waals surface area contributed by atoms with Crippen molar-refractivity contribution in [2.45, 2.75) is 69.3 Å². The number of fused-ring (bicyclic) bond motifs is 3. The van der Waals surface area contributed by atoms with Gasteiger partial charge in [0.2, 0.25) is 0 Å². The first-order valence-corrected chi connectivity index (χ1v) is 11.1. The minimum atomic E-state index is -0.0508. The van der Waals surface area contributed by atoms with Crippen molar-refractivity contribution in [3.63, 3.8) is 0 Å². The van der Waals surface area contributed by atoms with Crippen LogP contribution in [0.2, 0.25) is 0 Å². The largest absolute Gasteiger partial charge is 0.369 e. The molecule has 0 N–H and O–H groups in total. The molecule has 0 saturated heterocycles. The molecule has 0 saturated carbocycles. The molecule has 0 aliphatic carbocycles. The van der Waals surface area contributed by atoms with E-state index in [1.54, 1.807) is 23.1 Å². The van der Waals surface area contributed by atoms with E-state index >= 15 is 0 Å². The summed E-state index contributed by atoms with van der Waals surface area (Å²) in [5.41, 5.74) is 1.38. The number of hydrogen-bond donors (Lipinski definition) is 0. The third kappa shape index (κ3) is 3.55. The highest BCUT2D eigenvalue weighted by molar-refractivity contribution is 8.00. The Morgan fingerprint density at radius 3 is 2.74 bits per heavy atom. The van der Waals surface area contributed by atoms with Crippen molar-refractivity contribution < 1.29 is 4.74 Å². The van der Waals surface area contributed by atoms with Crippen LogP contribution in [0.25, 0.3) is 10.2 Å². The lowest BCUT2D eigenvalue weighted by Gasteiger charge is -2.33. The molecule has 23 heavy (non-hydrogen) atoms. The Hall–Kier alpha value is -0.300. The van der Waals surface area contributed by atoms with E-state index in [0.29, 0.717) is 6.61 Å². The number of rotatable bonds is 6. The molecule has 0 bridgehead atoms. The van der Waals surface area contributed by atoms with Crippen LogP contribution in [-0.2, 0) is 17.8 Å². The second-order valence-electron chi connectivity index (χ2n) is 6.05. The van der Waals surface area contributed by atoms with Crippen LogP contribution in [-0.4, -0.2) is 27.1 Å². The lowest BCUT2D eigenvalue weighted by Crippen LogP contribution is -2.33. The third-order valence-corrected chi connectivity index (χ3v) is 7.26. The molecule has 3 nitrogen and oxygen atoms in total. The summed E-state index contributed by atoms with van der Waals surface area (Å²) < 4.78 is 6.12. The van der Waals surface area contributed by atoms with E-state index < -0.39 is 0 Å². The molecular weight excluding hydrogens is 344 g/mol. The van der Waals surface area contributed by atoms with Crippen LogP contribution in [0.4, 0.5) is 0 Å². The maximum absolute atomic E-state index is 6.12. The summed E-state index contributed by atoms with van der Waals surface area (Å²) in [6, 6.07) is 0. The second-order valence-corrected chi connectivity index (χ2v) is 9.44. The molecule has 3 rings (SSSR count). The summed E-state index contributed by atoms with van der Waals surface area (Å²) in [6.07, 6.45) is 3.15. The van der Waals surface area contributed by atoms with Crippen LogP contribution in [0.5, 0.6) is 0 Å². The minimum absolute atomic E-state index is 0.0508. The van der Waals surface area contributed by atoms with Gasteiger partial charge in [0.15, 0.2) is 5.16 Å². The monoisotopic (exact) mass is 368 g/mol. The molecule has 0 radical (unpaired) electrons. The number of nitrogens with zero attached hydrogens (tertiary/aromatic N) is 2. The van der Waals surface area contributed by atoms with E-state index in [1.165, 1.54) is 15.8 Å². The van der Waals surface area contributed by atoms with Crippen LogP contribution in [0.1, 0.15) is 51.0 Å². The molecule has 1 unspecified atom stereocenters. The number of thiophene rings is 1. The Balaban J connectivity index is 2.09. The molecule has 2 aromatic rings. The van der Waals surface area contributed by atoms with E-state index in [-0.39, 0.29) is 5.60 Å². The van der Waals surface area contributed by atoms with Gasteiger partial charge < -0.3 is 4.74 Å². The van der Waals surface area contributed by atoms with Gasteiger partial charge in [0.05, 0.1) is 12.2 Å². The zero-order chi connectivity index (χ0) is 16.4. The Labute approximate surface area is 151 Å². The van der Waals surface area contributed by atoms with Crippen molar-refractivity contribution >= 4 is 45.1 Å². The van der Waals surface area contributed by atoms with Gasteiger partial charge >= 0.3 is 0 Å². The second kappa shape index (κ2) is 7.30. The van der Waals surface area contributed by atoms with Crippen molar-refractivity contribution in [2.75, 3.05) is 11.5 Å². The van der Waals surface area contributed by atoms with Crippen molar-refractivity contribution in [3.8, 4) is 0 Å². The van der Waals surface area contributed by atoms with Gasteiger partial charge in [-0.15, -0.1) is 23.1 Å². The van der Waals surface area contributed by atoms with E-state index in [4.69, 9.17) is 14.7 Å². The number of thioether (sulfide) groups is 2. The fourth-order valence-corrected chi connectivity index (χ4v) is 5.52. The molecule has 0 spiro atoms. The molecule has 6 heteroatoms. The van der Waals surface area contributed by atoms with Gasteiger partial charge in [0, 0.05) is 22.4 Å². The topological polar surface area (TPSA) is 35.0 Å². The predicted octanol–water partition coefficient (Wildman–Crippen LogP) is 5.55. The molecular formula is C17H24N2OS3. The van der Waals surface area contributed by atoms with Gasteiger partial charge in [-0.25, -0.2) is 9.97 Å². The maximum Gasteiger partial charge on any atom is 0.190 e. The predicted molar refractivity (Wildman–Crippen MR) is 102 cm³/mol. The third-order valence-electron chi connectivity index (χ3n) is 4.25. The molecule has 1 aliphatic heterocycles.